The van der Waals surface area contributed by atoms with Gasteiger partial charge in [-0.3, -0.25) is 4.79 Å². The van der Waals surface area contributed by atoms with Gasteiger partial charge in [-0.25, -0.2) is 9.37 Å². The van der Waals surface area contributed by atoms with Crippen molar-refractivity contribution in [3.05, 3.63) is 71.3 Å². The molecule has 158 valence electrons. The molecule has 0 aliphatic carbocycles. The highest BCUT2D eigenvalue weighted by Crippen LogP contribution is 2.31. The second-order valence-corrected chi connectivity index (χ2v) is 7.04. The van der Waals surface area contributed by atoms with E-state index in [9.17, 15) is 9.18 Å². The standard InChI is InChI=1S/C23H22FN5O2/c1-3-31-22-13-20(15-4-7-17(24)8-5-15)26-21-12-16(6-9-18(21)22)23(30)25-11-10-19-14(2)27-29-28-19/h4-9,12-13H,3,10-11H2,1-2H3,(H,25,30)(H,27,28,29). The van der Waals surface area contributed by atoms with Crippen molar-refractivity contribution in [2.45, 2.75) is 20.3 Å². The summed E-state index contributed by atoms with van der Waals surface area (Å²) in [5, 5.41) is 14.3. The number of aryl methyl sites for hydroxylation is 1. The SMILES string of the molecule is CCOc1cc(-c2ccc(F)cc2)nc2cc(C(=O)NCCc3n[nH]nc3C)ccc12. The molecule has 4 aromatic rings. The molecule has 0 aliphatic heterocycles. The largest absolute Gasteiger partial charge is 0.493 e. The molecule has 2 heterocycles. The fourth-order valence-corrected chi connectivity index (χ4v) is 3.32. The van der Waals surface area contributed by atoms with Gasteiger partial charge in [-0.05, 0) is 56.3 Å². The smallest absolute Gasteiger partial charge is 0.251 e. The van der Waals surface area contributed by atoms with Crippen LogP contribution in [0, 0.1) is 12.7 Å². The Balaban J connectivity index is 1.61. The second kappa shape index (κ2) is 8.91. The first kappa shape index (κ1) is 20.5. The average molecular weight is 419 g/mol. The Labute approximate surface area is 178 Å². The van der Waals surface area contributed by atoms with Crippen molar-refractivity contribution in [1.82, 2.24) is 25.7 Å². The van der Waals surface area contributed by atoms with Gasteiger partial charge in [-0.1, -0.05) is 0 Å². The van der Waals surface area contributed by atoms with E-state index >= 15 is 0 Å². The first-order valence-electron chi connectivity index (χ1n) is 10.0. The molecule has 0 spiro atoms. The van der Waals surface area contributed by atoms with E-state index in [0.29, 0.717) is 42.1 Å². The molecule has 0 bridgehead atoms. The average Bonchev–Trinajstić information content (AvgIpc) is 3.18. The van der Waals surface area contributed by atoms with Crippen LogP contribution in [-0.4, -0.2) is 39.5 Å². The predicted molar refractivity (Wildman–Crippen MR) is 115 cm³/mol. The third-order valence-electron chi connectivity index (χ3n) is 4.94. The maximum Gasteiger partial charge on any atom is 0.251 e. The van der Waals surface area contributed by atoms with Gasteiger partial charge in [0.15, 0.2) is 0 Å². The summed E-state index contributed by atoms with van der Waals surface area (Å²) >= 11 is 0. The Hall–Kier alpha value is -3.81. The van der Waals surface area contributed by atoms with Gasteiger partial charge in [0.2, 0.25) is 0 Å². The Morgan fingerprint density at radius 2 is 1.94 bits per heavy atom. The molecule has 1 amide bonds. The summed E-state index contributed by atoms with van der Waals surface area (Å²) in [6.07, 6.45) is 0.586. The van der Waals surface area contributed by atoms with Crippen molar-refractivity contribution in [3.63, 3.8) is 0 Å². The first-order valence-corrected chi connectivity index (χ1v) is 10.0. The summed E-state index contributed by atoms with van der Waals surface area (Å²) in [5.74, 6) is 0.157. The minimum atomic E-state index is -0.311. The van der Waals surface area contributed by atoms with Gasteiger partial charge in [0.05, 0.1) is 29.2 Å². The Bertz CT molecular complexity index is 1220. The number of hydrogen-bond acceptors (Lipinski definition) is 5. The maximum absolute atomic E-state index is 13.3. The maximum atomic E-state index is 13.3. The Kier molecular flexibility index (Phi) is 5.88. The molecule has 2 N–H and O–H groups in total. The van der Waals surface area contributed by atoms with E-state index in [0.717, 1.165) is 22.3 Å². The molecule has 0 atom stereocenters. The molecule has 0 unspecified atom stereocenters. The summed E-state index contributed by atoms with van der Waals surface area (Å²) in [6, 6.07) is 13.3. The Morgan fingerprint density at radius 1 is 1.13 bits per heavy atom. The number of benzene rings is 2. The number of pyridine rings is 1. The summed E-state index contributed by atoms with van der Waals surface area (Å²) in [5.41, 5.74) is 4.18. The van der Waals surface area contributed by atoms with Crippen LogP contribution >= 0.6 is 0 Å². The number of carbonyl (C=O) groups is 1. The third kappa shape index (κ3) is 4.53. The molecule has 31 heavy (non-hydrogen) atoms. The first-order chi connectivity index (χ1) is 15.0. The predicted octanol–water partition coefficient (Wildman–Crippen LogP) is 3.84. The lowest BCUT2D eigenvalue weighted by molar-refractivity contribution is 0.0954. The monoisotopic (exact) mass is 419 g/mol. The number of hydrogen-bond donors (Lipinski definition) is 2. The number of fused-ring (bicyclic) bond motifs is 1. The van der Waals surface area contributed by atoms with Crippen molar-refractivity contribution < 1.29 is 13.9 Å². The van der Waals surface area contributed by atoms with Crippen LogP contribution in [0.3, 0.4) is 0 Å². The van der Waals surface area contributed by atoms with E-state index in [1.54, 1.807) is 24.3 Å². The molecule has 0 radical (unpaired) electrons. The van der Waals surface area contributed by atoms with Crippen molar-refractivity contribution in [1.29, 1.82) is 0 Å². The minimum Gasteiger partial charge on any atom is -0.493 e. The molecule has 0 saturated heterocycles. The highest BCUT2D eigenvalue weighted by atomic mass is 19.1. The van der Waals surface area contributed by atoms with Gasteiger partial charge >= 0.3 is 0 Å². The van der Waals surface area contributed by atoms with E-state index in [1.807, 2.05) is 26.0 Å². The summed E-state index contributed by atoms with van der Waals surface area (Å²) in [6.45, 7) is 4.70. The number of H-pyrrole nitrogens is 1. The summed E-state index contributed by atoms with van der Waals surface area (Å²) < 4.78 is 19.1. The normalized spacial score (nSPS) is 10.9. The number of halogens is 1. The highest BCUT2D eigenvalue weighted by molar-refractivity contribution is 5.99. The van der Waals surface area contributed by atoms with E-state index in [2.05, 4.69) is 25.7 Å². The molecule has 7 nitrogen and oxygen atoms in total. The van der Waals surface area contributed by atoms with Crippen LogP contribution in [0.5, 0.6) is 5.75 Å². The van der Waals surface area contributed by atoms with Crippen molar-refractivity contribution in [3.8, 4) is 17.0 Å². The number of amides is 1. The van der Waals surface area contributed by atoms with E-state index in [4.69, 9.17) is 4.74 Å². The lowest BCUT2D eigenvalue weighted by Crippen LogP contribution is -2.25. The van der Waals surface area contributed by atoms with Crippen LogP contribution in [-0.2, 0) is 6.42 Å². The van der Waals surface area contributed by atoms with Gasteiger partial charge in [0.1, 0.15) is 11.6 Å². The van der Waals surface area contributed by atoms with Crippen LogP contribution < -0.4 is 10.1 Å². The summed E-state index contributed by atoms with van der Waals surface area (Å²) in [7, 11) is 0. The van der Waals surface area contributed by atoms with Crippen LogP contribution in [0.2, 0.25) is 0 Å². The molecule has 4 rings (SSSR count). The van der Waals surface area contributed by atoms with Crippen molar-refractivity contribution in [2.24, 2.45) is 0 Å². The molecular weight excluding hydrogens is 397 g/mol. The van der Waals surface area contributed by atoms with Gasteiger partial charge in [-0.15, -0.1) is 0 Å². The highest BCUT2D eigenvalue weighted by Gasteiger charge is 2.13. The minimum absolute atomic E-state index is 0.199. The number of aromatic amines is 1. The number of aromatic nitrogens is 4. The zero-order chi connectivity index (χ0) is 21.8. The number of nitrogens with zero attached hydrogens (tertiary/aromatic N) is 3. The molecule has 2 aromatic carbocycles. The lowest BCUT2D eigenvalue weighted by atomic mass is 10.1. The molecule has 0 saturated carbocycles. The molecule has 0 aliphatic rings. The zero-order valence-electron chi connectivity index (χ0n) is 17.3. The van der Waals surface area contributed by atoms with Crippen LogP contribution in [0.4, 0.5) is 4.39 Å². The molecule has 8 heteroatoms. The van der Waals surface area contributed by atoms with E-state index in [-0.39, 0.29) is 11.7 Å². The Morgan fingerprint density at radius 3 is 2.65 bits per heavy atom. The van der Waals surface area contributed by atoms with Gasteiger partial charge in [0, 0.05) is 35.5 Å². The van der Waals surface area contributed by atoms with Gasteiger partial charge in [-0.2, -0.15) is 15.4 Å². The lowest BCUT2D eigenvalue weighted by Gasteiger charge is -2.12. The molecule has 2 aromatic heterocycles. The van der Waals surface area contributed by atoms with Gasteiger partial charge in [0.25, 0.3) is 5.91 Å². The number of nitrogens with one attached hydrogen (secondary N) is 2. The van der Waals surface area contributed by atoms with Crippen LogP contribution in [0.15, 0.2) is 48.5 Å². The quantitative estimate of drug-likeness (QED) is 0.475. The van der Waals surface area contributed by atoms with Crippen LogP contribution in [0.1, 0.15) is 28.7 Å². The van der Waals surface area contributed by atoms with E-state index < -0.39 is 0 Å². The zero-order valence-corrected chi connectivity index (χ0v) is 17.3. The fraction of sp³-hybridized carbons (Fsp3) is 0.217. The topological polar surface area (TPSA) is 92.8 Å². The second-order valence-electron chi connectivity index (χ2n) is 7.04. The number of ether oxygens (including phenoxy) is 1. The number of carbonyl (C=O) groups excluding carboxylic acids is 1. The van der Waals surface area contributed by atoms with Gasteiger partial charge < -0.3 is 10.1 Å². The summed E-state index contributed by atoms with van der Waals surface area (Å²) in [4.78, 5) is 17.3. The van der Waals surface area contributed by atoms with Crippen molar-refractivity contribution >= 4 is 16.8 Å². The van der Waals surface area contributed by atoms with Crippen LogP contribution in [0.25, 0.3) is 22.2 Å². The molecule has 0 fully saturated rings. The van der Waals surface area contributed by atoms with E-state index in [1.165, 1.54) is 12.1 Å². The van der Waals surface area contributed by atoms with Crippen molar-refractivity contribution in [2.75, 3.05) is 13.2 Å². The fourth-order valence-electron chi connectivity index (χ4n) is 3.32. The molecular formula is C23H22FN5O2. The third-order valence-corrected chi connectivity index (χ3v) is 4.94. The number of rotatable bonds is 7.